The van der Waals surface area contributed by atoms with Gasteiger partial charge in [-0.3, -0.25) is 0 Å². The molecule has 0 aliphatic heterocycles. The van der Waals surface area contributed by atoms with Crippen molar-refractivity contribution in [3.63, 3.8) is 0 Å². The molecule has 0 aliphatic carbocycles. The van der Waals surface area contributed by atoms with Crippen molar-refractivity contribution in [3.05, 3.63) is 217 Å². The van der Waals surface area contributed by atoms with Crippen molar-refractivity contribution in [2.24, 2.45) is 0 Å². The Bertz CT molecular complexity index is 4660. The zero-order valence-corrected chi connectivity index (χ0v) is 37.5. The Kier molecular flexibility index (Phi) is 7.70. The van der Waals surface area contributed by atoms with Crippen molar-refractivity contribution >= 4 is 119 Å². The SMILES string of the molecule is N#Cc1c(-n2c3ccccc3c3ccccc32)c(C#N)c(-n2c3ccccc3c3cc4sc5ccccc5c4cc32)c(-n2c3ccccc3c3ccccc32)c1-n1c2ccccc2c2ccccc21. The molecule has 0 saturated heterocycles. The van der Waals surface area contributed by atoms with Crippen LogP contribution in [0.25, 0.3) is 130 Å². The first-order valence-corrected chi connectivity index (χ1v) is 23.9. The highest BCUT2D eigenvalue weighted by Gasteiger charge is 2.34. The summed E-state index contributed by atoms with van der Waals surface area (Å²) in [5.74, 6) is 0. The smallest absolute Gasteiger partial charge is 0.104 e. The van der Waals surface area contributed by atoms with E-state index in [0.29, 0.717) is 28.2 Å². The van der Waals surface area contributed by atoms with Crippen LogP contribution in [0.1, 0.15) is 11.1 Å². The van der Waals surface area contributed by atoms with Gasteiger partial charge in [-0.2, -0.15) is 10.5 Å². The van der Waals surface area contributed by atoms with Crippen molar-refractivity contribution in [1.29, 1.82) is 10.5 Å². The molecule has 0 radical (unpaired) electrons. The molecule has 6 nitrogen and oxygen atoms in total. The van der Waals surface area contributed by atoms with Crippen LogP contribution in [0, 0.1) is 22.7 Å². The molecule has 0 spiro atoms. The lowest BCUT2D eigenvalue weighted by Crippen LogP contribution is -2.16. The molecule has 5 aromatic heterocycles. The largest absolute Gasteiger partial charge is 0.306 e. The lowest BCUT2D eigenvalue weighted by molar-refractivity contribution is 1.02. The highest BCUT2D eigenvalue weighted by molar-refractivity contribution is 7.25. The minimum atomic E-state index is 0.386. The number of fused-ring (bicyclic) bond motifs is 15. The van der Waals surface area contributed by atoms with Crippen molar-refractivity contribution in [3.8, 4) is 34.9 Å². The molecule has 15 aromatic rings. The van der Waals surface area contributed by atoms with Gasteiger partial charge in [0.1, 0.15) is 23.3 Å². The van der Waals surface area contributed by atoms with Gasteiger partial charge >= 0.3 is 0 Å². The van der Waals surface area contributed by atoms with Gasteiger partial charge in [0.05, 0.1) is 66.9 Å². The molecule has 0 unspecified atom stereocenters. The average molecular weight is 895 g/mol. The lowest BCUT2D eigenvalue weighted by Gasteiger charge is -2.27. The molecule has 0 fully saturated rings. The molecule has 10 aromatic carbocycles. The molecule has 69 heavy (non-hydrogen) atoms. The van der Waals surface area contributed by atoms with E-state index in [1.54, 1.807) is 11.3 Å². The van der Waals surface area contributed by atoms with Crippen LogP contribution in [0.15, 0.2) is 206 Å². The number of rotatable bonds is 4. The summed E-state index contributed by atoms with van der Waals surface area (Å²) in [7, 11) is 0. The Balaban J connectivity index is 1.29. The van der Waals surface area contributed by atoms with Crippen molar-refractivity contribution in [2.75, 3.05) is 0 Å². The van der Waals surface area contributed by atoms with Crippen molar-refractivity contribution in [2.45, 2.75) is 0 Å². The minimum absolute atomic E-state index is 0.386. The zero-order chi connectivity index (χ0) is 45.5. The molecule has 0 bridgehead atoms. The van der Waals surface area contributed by atoms with Gasteiger partial charge in [-0.1, -0.05) is 146 Å². The van der Waals surface area contributed by atoms with Gasteiger partial charge in [0.25, 0.3) is 0 Å². The second kappa shape index (κ2) is 14.1. The maximum atomic E-state index is 12.4. The third-order valence-corrected chi connectivity index (χ3v) is 15.6. The topological polar surface area (TPSA) is 67.3 Å². The van der Waals surface area contributed by atoms with Gasteiger partial charge in [0, 0.05) is 63.3 Å². The van der Waals surface area contributed by atoms with Crippen LogP contribution in [0.2, 0.25) is 0 Å². The highest BCUT2D eigenvalue weighted by atomic mass is 32.1. The summed E-state index contributed by atoms with van der Waals surface area (Å²) in [6.07, 6.45) is 0. The van der Waals surface area contributed by atoms with Gasteiger partial charge < -0.3 is 18.3 Å². The van der Waals surface area contributed by atoms with E-state index >= 15 is 0 Å². The van der Waals surface area contributed by atoms with Crippen LogP contribution in [0.4, 0.5) is 0 Å². The molecule has 0 aliphatic rings. The van der Waals surface area contributed by atoms with Crippen LogP contribution in [0.3, 0.4) is 0 Å². The molecule has 7 heteroatoms. The summed E-state index contributed by atoms with van der Waals surface area (Å²) < 4.78 is 11.6. The second-order valence-corrected chi connectivity index (χ2v) is 18.9. The highest BCUT2D eigenvalue weighted by Crippen LogP contribution is 2.49. The van der Waals surface area contributed by atoms with E-state index in [1.165, 1.54) is 14.8 Å². The van der Waals surface area contributed by atoms with Crippen LogP contribution in [-0.2, 0) is 0 Å². The molecule has 318 valence electrons. The third-order valence-electron chi connectivity index (χ3n) is 14.4. The van der Waals surface area contributed by atoms with Gasteiger partial charge in [-0.15, -0.1) is 11.3 Å². The Morgan fingerprint density at radius 1 is 0.261 bits per heavy atom. The number of thiophene rings is 1. The fraction of sp³-hybridized carbons (Fsp3) is 0. The molecule has 0 amide bonds. The number of benzene rings is 10. The number of nitriles is 2. The standard InChI is InChI=1S/C62H34N6S/c63-35-47-59(65-49-25-9-1-17-37(49)38-18-2-10-26-50(38)65)48(36-64)61(68-55-31-15-7-23-43(55)45-34-58-46(33-56(45)68)44-24-8-16-32-57(44)69-58)62(67-53-29-13-5-21-41(53)42-22-6-14-30-54(42)67)60(47)66-51-27-11-3-19-39(51)40-20-4-12-28-52(40)66/h1-34H. The Labute approximate surface area is 397 Å². The fourth-order valence-electron chi connectivity index (χ4n) is 11.7. The number of para-hydroxylation sites is 7. The first kappa shape index (κ1) is 37.8. The van der Waals surface area contributed by atoms with Crippen molar-refractivity contribution < 1.29 is 0 Å². The molecular formula is C62H34N6S. The van der Waals surface area contributed by atoms with Crippen LogP contribution in [0.5, 0.6) is 0 Å². The first-order chi connectivity index (χ1) is 34.2. The summed E-state index contributed by atoms with van der Waals surface area (Å²) >= 11 is 1.80. The predicted molar refractivity (Wildman–Crippen MR) is 286 cm³/mol. The monoisotopic (exact) mass is 894 g/mol. The molecule has 15 rings (SSSR count). The van der Waals surface area contributed by atoms with Gasteiger partial charge in [0.15, 0.2) is 0 Å². The molecule has 0 saturated carbocycles. The van der Waals surface area contributed by atoms with E-state index in [4.69, 9.17) is 0 Å². The number of hydrogen-bond donors (Lipinski definition) is 0. The average Bonchev–Trinajstić information content (AvgIpc) is 4.20. The normalized spacial score (nSPS) is 12.0. The summed E-state index contributed by atoms with van der Waals surface area (Å²) in [6.45, 7) is 0. The van der Waals surface area contributed by atoms with Crippen LogP contribution < -0.4 is 0 Å². The molecule has 5 heterocycles. The Morgan fingerprint density at radius 2 is 0.565 bits per heavy atom. The van der Waals surface area contributed by atoms with Crippen molar-refractivity contribution in [1.82, 2.24) is 18.3 Å². The first-order valence-electron chi connectivity index (χ1n) is 23.1. The van der Waals surface area contributed by atoms with Gasteiger partial charge in [0.2, 0.25) is 0 Å². The predicted octanol–water partition coefficient (Wildman–Crippen LogP) is 16.2. The number of hydrogen-bond acceptors (Lipinski definition) is 3. The number of nitrogens with zero attached hydrogens (tertiary/aromatic N) is 6. The third kappa shape index (κ3) is 4.96. The summed E-state index contributed by atoms with van der Waals surface area (Å²) in [6, 6.07) is 78.3. The van der Waals surface area contributed by atoms with Crippen LogP contribution >= 0.6 is 11.3 Å². The van der Waals surface area contributed by atoms with Crippen LogP contribution in [-0.4, -0.2) is 18.3 Å². The Morgan fingerprint density at radius 3 is 0.957 bits per heavy atom. The minimum Gasteiger partial charge on any atom is -0.306 e. The lowest BCUT2D eigenvalue weighted by atomic mass is 9.98. The van der Waals surface area contributed by atoms with Gasteiger partial charge in [-0.05, 0) is 60.7 Å². The molecule has 0 atom stereocenters. The van der Waals surface area contributed by atoms with Gasteiger partial charge in [-0.25, -0.2) is 0 Å². The summed E-state index contributed by atoms with van der Waals surface area (Å²) in [5.41, 5.74) is 11.0. The van der Waals surface area contributed by atoms with E-state index in [9.17, 15) is 10.5 Å². The number of aromatic nitrogens is 4. The summed E-state index contributed by atoms with van der Waals surface area (Å²) in [5, 5.41) is 35.6. The van der Waals surface area contributed by atoms with E-state index < -0.39 is 0 Å². The molecule has 0 N–H and O–H groups in total. The maximum absolute atomic E-state index is 12.4. The Hall–Kier alpha value is -9.40. The second-order valence-electron chi connectivity index (χ2n) is 17.8. The van der Waals surface area contributed by atoms with E-state index in [0.717, 1.165) is 98.3 Å². The summed E-state index contributed by atoms with van der Waals surface area (Å²) in [4.78, 5) is 0. The quantitative estimate of drug-likeness (QED) is 0.177. The van der Waals surface area contributed by atoms with E-state index in [-0.39, 0.29) is 0 Å². The zero-order valence-electron chi connectivity index (χ0n) is 36.7. The maximum Gasteiger partial charge on any atom is 0.104 e. The molecular weight excluding hydrogens is 861 g/mol. The van der Waals surface area contributed by atoms with E-state index in [2.05, 4.69) is 225 Å². The van der Waals surface area contributed by atoms with E-state index in [1.807, 2.05) is 12.1 Å². The fourth-order valence-corrected chi connectivity index (χ4v) is 12.8.